The van der Waals surface area contributed by atoms with Crippen molar-refractivity contribution < 1.29 is 39.8 Å². The number of esters is 1. The van der Waals surface area contributed by atoms with E-state index in [1.807, 2.05) is 0 Å². The molecule has 140 valence electrons. The number of carbonyl (C=O) groups excluding carboxylic acids is 1. The second-order valence-corrected chi connectivity index (χ2v) is 6.30. The van der Waals surface area contributed by atoms with Crippen molar-refractivity contribution in [3.8, 4) is 0 Å². The highest BCUT2D eigenvalue weighted by Crippen LogP contribution is 2.34. The SMILES string of the molecule is CC1C(O)CC(O)(C(=O)OCc2ccccc2)OC1C(O)C(O)CO. The quantitative estimate of drug-likeness (QED) is 0.406. The van der Waals surface area contributed by atoms with Crippen molar-refractivity contribution in [1.82, 2.24) is 0 Å². The van der Waals surface area contributed by atoms with Crippen LogP contribution in [0.3, 0.4) is 0 Å². The standard InChI is InChI=1S/C17H24O8/c1-10-12(19)7-17(23,25-15(10)14(21)13(20)8-18)16(22)24-9-11-5-3-2-4-6-11/h2-6,10,12-15,18-21,23H,7-9H2,1H3. The van der Waals surface area contributed by atoms with E-state index in [1.165, 1.54) is 6.92 Å². The van der Waals surface area contributed by atoms with Crippen molar-refractivity contribution in [1.29, 1.82) is 0 Å². The molecule has 6 unspecified atom stereocenters. The molecule has 1 aliphatic rings. The monoisotopic (exact) mass is 356 g/mol. The lowest BCUT2D eigenvalue weighted by atomic mass is 9.85. The van der Waals surface area contributed by atoms with Gasteiger partial charge in [0.15, 0.2) is 0 Å². The van der Waals surface area contributed by atoms with Crippen molar-refractivity contribution in [3.05, 3.63) is 35.9 Å². The Morgan fingerprint density at radius 1 is 1.36 bits per heavy atom. The van der Waals surface area contributed by atoms with Crippen LogP contribution in [0.5, 0.6) is 0 Å². The second kappa shape index (κ2) is 8.22. The first-order valence-electron chi connectivity index (χ1n) is 8.05. The van der Waals surface area contributed by atoms with Crippen LogP contribution in [-0.2, 0) is 20.9 Å². The lowest BCUT2D eigenvalue weighted by molar-refractivity contribution is -0.304. The number of ether oxygens (including phenoxy) is 2. The van der Waals surface area contributed by atoms with Crippen molar-refractivity contribution >= 4 is 5.97 Å². The second-order valence-electron chi connectivity index (χ2n) is 6.30. The van der Waals surface area contributed by atoms with Gasteiger partial charge in [0.2, 0.25) is 0 Å². The molecule has 25 heavy (non-hydrogen) atoms. The van der Waals surface area contributed by atoms with Crippen LogP contribution in [0.15, 0.2) is 30.3 Å². The number of aliphatic hydroxyl groups excluding tert-OH is 4. The molecule has 0 amide bonds. The summed E-state index contributed by atoms with van der Waals surface area (Å²) in [6.45, 7) is 0.710. The molecule has 1 fully saturated rings. The molecule has 8 nitrogen and oxygen atoms in total. The minimum Gasteiger partial charge on any atom is -0.457 e. The van der Waals surface area contributed by atoms with Crippen LogP contribution >= 0.6 is 0 Å². The lowest BCUT2D eigenvalue weighted by Gasteiger charge is -2.43. The molecule has 1 saturated heterocycles. The predicted octanol–water partition coefficient (Wildman–Crippen LogP) is -1.08. The summed E-state index contributed by atoms with van der Waals surface area (Å²) < 4.78 is 10.3. The first-order chi connectivity index (χ1) is 11.8. The Morgan fingerprint density at radius 2 is 2.00 bits per heavy atom. The molecule has 0 aliphatic carbocycles. The average molecular weight is 356 g/mol. The average Bonchev–Trinajstić information content (AvgIpc) is 2.62. The van der Waals surface area contributed by atoms with E-state index in [4.69, 9.17) is 14.6 Å². The van der Waals surface area contributed by atoms with Crippen LogP contribution < -0.4 is 0 Å². The highest BCUT2D eigenvalue weighted by molar-refractivity contribution is 5.77. The number of carbonyl (C=O) groups is 1. The van der Waals surface area contributed by atoms with Gasteiger partial charge in [-0.2, -0.15) is 0 Å². The molecular weight excluding hydrogens is 332 g/mol. The Bertz CT molecular complexity index is 565. The molecule has 5 N–H and O–H groups in total. The molecule has 6 atom stereocenters. The summed E-state index contributed by atoms with van der Waals surface area (Å²) in [6, 6.07) is 8.81. The van der Waals surface area contributed by atoms with Crippen LogP contribution in [0.2, 0.25) is 0 Å². The number of rotatable bonds is 6. The largest absolute Gasteiger partial charge is 0.457 e. The van der Waals surface area contributed by atoms with Crippen LogP contribution in [0, 0.1) is 5.92 Å². The van der Waals surface area contributed by atoms with E-state index in [9.17, 15) is 25.2 Å². The fourth-order valence-electron chi connectivity index (χ4n) is 2.74. The summed E-state index contributed by atoms with van der Waals surface area (Å²) in [5.74, 6) is -4.24. The van der Waals surface area contributed by atoms with Crippen LogP contribution in [0.25, 0.3) is 0 Å². The molecule has 0 radical (unpaired) electrons. The van der Waals surface area contributed by atoms with E-state index in [1.54, 1.807) is 30.3 Å². The van der Waals surface area contributed by atoms with E-state index in [0.29, 0.717) is 5.56 Å². The van der Waals surface area contributed by atoms with Crippen LogP contribution in [0.4, 0.5) is 0 Å². The molecular formula is C17H24O8. The zero-order valence-corrected chi connectivity index (χ0v) is 13.9. The maximum Gasteiger partial charge on any atom is 0.367 e. The highest BCUT2D eigenvalue weighted by atomic mass is 16.7. The van der Waals surface area contributed by atoms with E-state index in [2.05, 4.69) is 0 Å². The summed E-state index contributed by atoms with van der Waals surface area (Å²) in [7, 11) is 0. The normalized spacial score (nSPS) is 32.0. The van der Waals surface area contributed by atoms with Gasteiger partial charge in [0.25, 0.3) is 5.79 Å². The lowest BCUT2D eigenvalue weighted by Crippen LogP contribution is -2.60. The van der Waals surface area contributed by atoms with Crippen molar-refractivity contribution in [2.75, 3.05) is 6.61 Å². The minimum absolute atomic E-state index is 0.0938. The molecule has 0 bridgehead atoms. The number of benzene rings is 1. The van der Waals surface area contributed by atoms with Gasteiger partial charge in [-0.3, -0.25) is 0 Å². The Morgan fingerprint density at radius 3 is 2.60 bits per heavy atom. The van der Waals surface area contributed by atoms with Gasteiger partial charge in [0.05, 0.1) is 18.8 Å². The first kappa shape index (κ1) is 19.8. The molecule has 1 aromatic rings. The fourth-order valence-corrected chi connectivity index (χ4v) is 2.74. The summed E-state index contributed by atoms with van der Waals surface area (Å²) >= 11 is 0. The number of aliphatic hydroxyl groups is 5. The third kappa shape index (κ3) is 4.55. The molecule has 8 heteroatoms. The molecule has 1 aromatic carbocycles. The minimum atomic E-state index is -2.46. The maximum atomic E-state index is 12.3. The number of hydrogen-bond donors (Lipinski definition) is 5. The molecule has 0 aromatic heterocycles. The smallest absolute Gasteiger partial charge is 0.367 e. The van der Waals surface area contributed by atoms with E-state index < -0.39 is 55.1 Å². The molecule has 2 rings (SSSR count). The van der Waals surface area contributed by atoms with Gasteiger partial charge in [-0.1, -0.05) is 37.3 Å². The zero-order chi connectivity index (χ0) is 18.6. The Labute approximate surface area is 145 Å². The predicted molar refractivity (Wildman–Crippen MR) is 84.9 cm³/mol. The number of hydrogen-bond acceptors (Lipinski definition) is 8. The van der Waals surface area contributed by atoms with Gasteiger partial charge in [-0.05, 0) is 5.56 Å². The van der Waals surface area contributed by atoms with Gasteiger partial charge in [0, 0.05) is 12.3 Å². The maximum absolute atomic E-state index is 12.3. The van der Waals surface area contributed by atoms with Gasteiger partial charge < -0.3 is 35.0 Å². The molecule has 0 saturated carbocycles. The van der Waals surface area contributed by atoms with Crippen LogP contribution in [0.1, 0.15) is 18.9 Å². The Kier molecular flexibility index (Phi) is 6.50. The highest BCUT2D eigenvalue weighted by Gasteiger charge is 2.52. The Hall–Kier alpha value is -1.55. The molecule has 0 spiro atoms. The van der Waals surface area contributed by atoms with Crippen molar-refractivity contribution in [3.63, 3.8) is 0 Å². The molecule has 1 aliphatic heterocycles. The summed E-state index contributed by atoms with van der Waals surface area (Å²) in [5, 5.41) is 49.2. The summed E-state index contributed by atoms with van der Waals surface area (Å²) in [4.78, 5) is 12.3. The fraction of sp³-hybridized carbons (Fsp3) is 0.588. The first-order valence-corrected chi connectivity index (χ1v) is 8.05. The van der Waals surface area contributed by atoms with E-state index in [-0.39, 0.29) is 6.61 Å². The van der Waals surface area contributed by atoms with E-state index in [0.717, 1.165) is 0 Å². The van der Waals surface area contributed by atoms with Crippen LogP contribution in [-0.4, -0.2) is 68.3 Å². The Balaban J connectivity index is 2.08. The molecule has 1 heterocycles. The van der Waals surface area contributed by atoms with Gasteiger partial charge >= 0.3 is 5.97 Å². The zero-order valence-electron chi connectivity index (χ0n) is 13.9. The summed E-state index contributed by atoms with van der Waals surface area (Å²) in [5.41, 5.74) is 0.705. The third-order valence-electron chi connectivity index (χ3n) is 4.39. The summed E-state index contributed by atoms with van der Waals surface area (Å²) in [6.07, 6.45) is -6.00. The van der Waals surface area contributed by atoms with Gasteiger partial charge in [0.1, 0.15) is 18.8 Å². The van der Waals surface area contributed by atoms with Gasteiger partial charge in [-0.25, -0.2) is 4.79 Å². The van der Waals surface area contributed by atoms with Gasteiger partial charge in [-0.15, -0.1) is 0 Å². The van der Waals surface area contributed by atoms with E-state index >= 15 is 0 Å². The topological polar surface area (TPSA) is 137 Å². The third-order valence-corrected chi connectivity index (χ3v) is 4.39. The van der Waals surface area contributed by atoms with Crippen molar-refractivity contribution in [2.24, 2.45) is 5.92 Å². The van der Waals surface area contributed by atoms with Crippen molar-refractivity contribution in [2.45, 2.75) is 50.2 Å².